The SMILES string of the molecule is [CH2-]C([CH2-])([CH2-])[CH2-].[Y].[Y].[Y]. The van der Waals surface area contributed by atoms with Crippen LogP contribution in [0.2, 0.25) is 0 Å². The van der Waals surface area contributed by atoms with Crippen LogP contribution in [0.25, 0.3) is 0 Å². The average Bonchev–Trinajstić information content (AvgIpc) is 0.722. The molecule has 0 amide bonds. The molecule has 0 bridgehead atoms. The monoisotopic (exact) mass is 335 g/mol. The van der Waals surface area contributed by atoms with Crippen molar-refractivity contribution in [3.63, 3.8) is 0 Å². The van der Waals surface area contributed by atoms with Gasteiger partial charge in [0, 0.05) is 98.1 Å². The quantitative estimate of drug-likeness (QED) is 0.586. The van der Waals surface area contributed by atoms with Gasteiger partial charge in [-0.2, -0.15) is 0 Å². The Bertz CT molecular complexity index is 23.1. The van der Waals surface area contributed by atoms with Crippen molar-refractivity contribution in [2.75, 3.05) is 0 Å². The van der Waals surface area contributed by atoms with Crippen LogP contribution in [0.15, 0.2) is 0 Å². The van der Waals surface area contributed by atoms with E-state index in [4.69, 9.17) is 0 Å². The summed E-state index contributed by atoms with van der Waals surface area (Å²) in [7, 11) is 0. The minimum atomic E-state index is -0.500. The van der Waals surface area contributed by atoms with Crippen LogP contribution in [0.1, 0.15) is 0 Å². The maximum absolute atomic E-state index is 3.44. The second-order valence-corrected chi connectivity index (χ2v) is 1.50. The Kier molecular flexibility index (Phi) is 29.0. The van der Waals surface area contributed by atoms with Crippen molar-refractivity contribution in [3.05, 3.63) is 27.7 Å². The number of rotatable bonds is 0. The summed E-state index contributed by atoms with van der Waals surface area (Å²) in [6.45, 7) is 13.8. The van der Waals surface area contributed by atoms with Crippen molar-refractivity contribution >= 4 is 0 Å². The molecule has 0 aromatic rings. The van der Waals surface area contributed by atoms with Gasteiger partial charge in [0.15, 0.2) is 0 Å². The first-order valence-electron chi connectivity index (χ1n) is 1.41. The molecular formula is C5H8Y3-4. The second-order valence-electron chi connectivity index (χ2n) is 1.50. The summed E-state index contributed by atoms with van der Waals surface area (Å²) in [5.41, 5.74) is -0.500. The third kappa shape index (κ3) is 58.7. The van der Waals surface area contributed by atoms with Crippen molar-refractivity contribution in [2.45, 2.75) is 0 Å². The standard InChI is InChI=1S/C5H8.3Y/c1-5(2,3)4;;;/h1-4H2;;;/q-4;;;. The average molecular weight is 335 g/mol. The van der Waals surface area contributed by atoms with Gasteiger partial charge in [0.25, 0.3) is 0 Å². The van der Waals surface area contributed by atoms with E-state index in [1.54, 1.807) is 0 Å². The maximum Gasteiger partial charge on any atom is 0 e. The summed E-state index contributed by atoms with van der Waals surface area (Å²) in [5.74, 6) is 0. The molecule has 0 aliphatic carbocycles. The molecule has 0 saturated heterocycles. The number of hydrogen-bond acceptors (Lipinski definition) is 0. The Morgan fingerprint density at radius 2 is 0.625 bits per heavy atom. The molecule has 0 aromatic carbocycles. The molecule has 0 heterocycles. The molecule has 0 unspecified atom stereocenters. The van der Waals surface area contributed by atoms with Gasteiger partial charge in [-0.1, -0.05) is 0 Å². The molecule has 0 fully saturated rings. The molecule has 41 valence electrons. The normalized spacial score (nSPS) is 7.50. The largest absolute Gasteiger partial charge is 0.584 e. The van der Waals surface area contributed by atoms with Gasteiger partial charge in [-0.3, -0.25) is 0 Å². The predicted octanol–water partition coefficient (Wildman–Crippen LogP) is 1.30. The third-order valence-electron chi connectivity index (χ3n) is 0. The fraction of sp³-hybridized carbons (Fsp3) is 0.200. The molecule has 0 spiro atoms. The molecule has 0 N–H and O–H groups in total. The van der Waals surface area contributed by atoms with E-state index >= 15 is 0 Å². The van der Waals surface area contributed by atoms with Gasteiger partial charge in [0.2, 0.25) is 0 Å². The minimum Gasteiger partial charge on any atom is -0.584 e. The van der Waals surface area contributed by atoms with Crippen LogP contribution in [0.4, 0.5) is 0 Å². The zero-order valence-corrected chi connectivity index (χ0v) is 13.6. The topological polar surface area (TPSA) is 0 Å². The summed E-state index contributed by atoms with van der Waals surface area (Å²) in [6, 6.07) is 0. The summed E-state index contributed by atoms with van der Waals surface area (Å²) in [5, 5.41) is 0. The second kappa shape index (κ2) is 10.3. The minimum absolute atomic E-state index is 0. The first-order valence-corrected chi connectivity index (χ1v) is 1.41. The van der Waals surface area contributed by atoms with Gasteiger partial charge >= 0.3 is 0 Å². The first-order chi connectivity index (χ1) is 2.00. The van der Waals surface area contributed by atoms with Crippen molar-refractivity contribution < 1.29 is 98.1 Å². The van der Waals surface area contributed by atoms with Crippen LogP contribution in [0, 0.1) is 33.1 Å². The Hall–Kier alpha value is 3.31. The van der Waals surface area contributed by atoms with E-state index in [0.29, 0.717) is 0 Å². The van der Waals surface area contributed by atoms with Gasteiger partial charge in [0.1, 0.15) is 0 Å². The van der Waals surface area contributed by atoms with Gasteiger partial charge in [-0.15, -0.1) is 0 Å². The molecule has 0 aliphatic rings. The van der Waals surface area contributed by atoms with E-state index in [-0.39, 0.29) is 98.1 Å². The van der Waals surface area contributed by atoms with E-state index in [0.717, 1.165) is 0 Å². The van der Waals surface area contributed by atoms with E-state index in [9.17, 15) is 0 Å². The van der Waals surface area contributed by atoms with E-state index in [1.807, 2.05) is 0 Å². The zero-order chi connectivity index (χ0) is 4.50. The van der Waals surface area contributed by atoms with Gasteiger partial charge in [-0.05, 0) is 0 Å². The first kappa shape index (κ1) is 22.5. The van der Waals surface area contributed by atoms with Crippen LogP contribution in [-0.4, -0.2) is 0 Å². The molecule has 0 nitrogen and oxygen atoms in total. The van der Waals surface area contributed by atoms with Crippen molar-refractivity contribution in [1.29, 1.82) is 0 Å². The smallest absolute Gasteiger partial charge is 0 e. The fourth-order valence-electron chi connectivity index (χ4n) is 0. The molecule has 3 radical (unpaired) electrons. The van der Waals surface area contributed by atoms with Gasteiger partial charge in [0.05, 0.1) is 0 Å². The van der Waals surface area contributed by atoms with Gasteiger partial charge in [-0.25, -0.2) is 0 Å². The van der Waals surface area contributed by atoms with Gasteiger partial charge < -0.3 is 33.1 Å². The third-order valence-corrected chi connectivity index (χ3v) is 0. The Balaban J connectivity index is -0.0000000267. The zero-order valence-electron chi connectivity index (χ0n) is 5.06. The molecule has 8 heavy (non-hydrogen) atoms. The van der Waals surface area contributed by atoms with E-state index in [2.05, 4.69) is 27.7 Å². The Morgan fingerprint density at radius 3 is 0.625 bits per heavy atom. The number of hydrogen-bond donors (Lipinski definition) is 0. The Labute approximate surface area is 128 Å². The molecule has 0 atom stereocenters. The molecule has 0 aromatic heterocycles. The summed E-state index contributed by atoms with van der Waals surface area (Å²) < 4.78 is 0. The summed E-state index contributed by atoms with van der Waals surface area (Å²) in [4.78, 5) is 0. The van der Waals surface area contributed by atoms with E-state index < -0.39 is 5.41 Å². The maximum atomic E-state index is 3.44. The van der Waals surface area contributed by atoms with Crippen LogP contribution in [-0.2, 0) is 98.1 Å². The van der Waals surface area contributed by atoms with Crippen LogP contribution >= 0.6 is 0 Å². The van der Waals surface area contributed by atoms with Crippen LogP contribution in [0.5, 0.6) is 0 Å². The predicted molar refractivity (Wildman–Crippen MR) is 23.9 cm³/mol. The molecule has 3 heteroatoms. The molecule has 0 aliphatic heterocycles. The van der Waals surface area contributed by atoms with Crippen molar-refractivity contribution in [2.24, 2.45) is 5.41 Å². The fourth-order valence-corrected chi connectivity index (χ4v) is 0. The summed E-state index contributed by atoms with van der Waals surface area (Å²) >= 11 is 0. The van der Waals surface area contributed by atoms with Crippen LogP contribution in [0.3, 0.4) is 0 Å². The molecular weight excluding hydrogens is 327 g/mol. The molecule has 0 rings (SSSR count). The van der Waals surface area contributed by atoms with E-state index in [1.165, 1.54) is 0 Å². The van der Waals surface area contributed by atoms with Crippen molar-refractivity contribution in [3.8, 4) is 0 Å². The molecule has 0 saturated carbocycles. The van der Waals surface area contributed by atoms with Crippen LogP contribution < -0.4 is 0 Å². The van der Waals surface area contributed by atoms with Crippen molar-refractivity contribution in [1.82, 2.24) is 0 Å². The summed E-state index contributed by atoms with van der Waals surface area (Å²) in [6.07, 6.45) is 0. The Morgan fingerprint density at radius 1 is 0.625 bits per heavy atom.